The van der Waals surface area contributed by atoms with E-state index in [9.17, 15) is 4.79 Å². The minimum absolute atomic E-state index is 0.0400. The van der Waals surface area contributed by atoms with Crippen molar-refractivity contribution in [3.05, 3.63) is 10.7 Å². The van der Waals surface area contributed by atoms with E-state index in [2.05, 4.69) is 4.74 Å². The van der Waals surface area contributed by atoms with Crippen LogP contribution in [0, 0.1) is 0 Å². The van der Waals surface area contributed by atoms with Crippen LogP contribution in [0.25, 0.3) is 0 Å². The third-order valence-corrected chi connectivity index (χ3v) is 1.25. The van der Waals surface area contributed by atoms with Gasteiger partial charge in [-0.25, -0.2) is 4.79 Å². The summed E-state index contributed by atoms with van der Waals surface area (Å²) in [7, 11) is 0. The monoisotopic (exact) mass is 163 g/mol. The van der Waals surface area contributed by atoms with Crippen molar-refractivity contribution >= 4 is 17.6 Å². The quantitative estimate of drug-likeness (QED) is 0.488. The van der Waals surface area contributed by atoms with Crippen LogP contribution >= 0.6 is 11.6 Å². The van der Waals surface area contributed by atoms with Gasteiger partial charge in [0.05, 0.1) is 6.61 Å². The van der Waals surface area contributed by atoms with Crippen LogP contribution < -0.4 is 5.73 Å². The number of ether oxygens (including phenoxy) is 1. The van der Waals surface area contributed by atoms with Gasteiger partial charge in [-0.15, -0.1) is 0 Å². The Kier molecular flexibility index (Phi) is 3.88. The third-order valence-electron chi connectivity index (χ3n) is 0.801. The van der Waals surface area contributed by atoms with Gasteiger partial charge >= 0.3 is 5.97 Å². The molecule has 0 aliphatic heterocycles. The van der Waals surface area contributed by atoms with Gasteiger partial charge in [-0.05, 0) is 13.8 Å². The Labute approximate surface area is 64.8 Å². The SMILES string of the molecule is CCOC(=O)/C(Cl)=C(\C)N. The van der Waals surface area contributed by atoms with E-state index in [4.69, 9.17) is 17.3 Å². The minimum Gasteiger partial charge on any atom is -0.462 e. The standard InChI is InChI=1S/C6H10ClNO2/c1-3-10-6(9)5(7)4(2)8/h3,8H2,1-2H3/b5-4-. The van der Waals surface area contributed by atoms with Gasteiger partial charge < -0.3 is 10.5 Å². The van der Waals surface area contributed by atoms with E-state index in [1.54, 1.807) is 13.8 Å². The van der Waals surface area contributed by atoms with Crippen molar-refractivity contribution in [2.75, 3.05) is 6.61 Å². The Morgan fingerprint density at radius 3 is 2.50 bits per heavy atom. The number of carbonyl (C=O) groups is 1. The highest BCUT2D eigenvalue weighted by Crippen LogP contribution is 2.06. The number of esters is 1. The molecule has 10 heavy (non-hydrogen) atoms. The fourth-order valence-electron chi connectivity index (χ4n) is 0.355. The molecular formula is C6H10ClNO2. The van der Waals surface area contributed by atoms with E-state index in [1.165, 1.54) is 0 Å². The van der Waals surface area contributed by atoms with Crippen molar-refractivity contribution in [2.24, 2.45) is 5.73 Å². The molecule has 0 fully saturated rings. The molecule has 0 unspecified atom stereocenters. The molecule has 0 saturated carbocycles. The second-order valence-corrected chi connectivity index (χ2v) is 2.10. The van der Waals surface area contributed by atoms with E-state index in [0.29, 0.717) is 6.61 Å². The fraction of sp³-hybridized carbons (Fsp3) is 0.500. The topological polar surface area (TPSA) is 52.3 Å². The molecule has 0 aliphatic carbocycles. The highest BCUT2D eigenvalue weighted by molar-refractivity contribution is 6.41. The number of hydrogen-bond donors (Lipinski definition) is 1. The molecule has 0 aromatic carbocycles. The Hall–Kier alpha value is -0.700. The lowest BCUT2D eigenvalue weighted by Gasteiger charge is -1.99. The van der Waals surface area contributed by atoms with Gasteiger partial charge in [0.1, 0.15) is 5.03 Å². The molecule has 2 N–H and O–H groups in total. The second kappa shape index (κ2) is 4.17. The molecule has 0 spiro atoms. The van der Waals surface area contributed by atoms with Gasteiger partial charge in [0.2, 0.25) is 0 Å². The normalized spacial score (nSPS) is 12.3. The predicted molar refractivity (Wildman–Crippen MR) is 39.4 cm³/mol. The highest BCUT2D eigenvalue weighted by atomic mass is 35.5. The summed E-state index contributed by atoms with van der Waals surface area (Å²) in [6.45, 7) is 3.55. The summed E-state index contributed by atoms with van der Waals surface area (Å²) in [5.74, 6) is -0.566. The summed E-state index contributed by atoms with van der Waals surface area (Å²) >= 11 is 5.43. The average Bonchev–Trinajstić information content (AvgIpc) is 1.87. The number of nitrogens with two attached hydrogens (primary N) is 1. The molecule has 0 aromatic rings. The largest absolute Gasteiger partial charge is 0.462 e. The summed E-state index contributed by atoms with van der Waals surface area (Å²) in [6.07, 6.45) is 0. The third kappa shape index (κ3) is 2.73. The second-order valence-electron chi connectivity index (χ2n) is 1.72. The molecule has 0 bridgehead atoms. The van der Waals surface area contributed by atoms with Crippen LogP contribution in [-0.2, 0) is 9.53 Å². The summed E-state index contributed by atoms with van der Waals surface area (Å²) in [6, 6.07) is 0. The molecule has 0 radical (unpaired) electrons. The lowest BCUT2D eigenvalue weighted by atomic mass is 10.4. The first-order valence-corrected chi connectivity index (χ1v) is 3.26. The Balaban J connectivity index is 4.09. The van der Waals surface area contributed by atoms with Gasteiger partial charge in [0.15, 0.2) is 0 Å². The van der Waals surface area contributed by atoms with Gasteiger partial charge in [-0.1, -0.05) is 11.6 Å². The van der Waals surface area contributed by atoms with Gasteiger partial charge in [-0.2, -0.15) is 0 Å². The molecule has 0 rings (SSSR count). The average molecular weight is 164 g/mol. The zero-order valence-corrected chi connectivity index (χ0v) is 6.73. The number of allylic oxidation sites excluding steroid dienone is 1. The zero-order valence-electron chi connectivity index (χ0n) is 5.98. The lowest BCUT2D eigenvalue weighted by Crippen LogP contribution is -2.08. The molecule has 0 heterocycles. The minimum atomic E-state index is -0.566. The smallest absolute Gasteiger partial charge is 0.351 e. The van der Waals surface area contributed by atoms with Crippen LogP contribution in [-0.4, -0.2) is 12.6 Å². The number of rotatable bonds is 2. The fourth-order valence-corrected chi connectivity index (χ4v) is 0.410. The van der Waals surface area contributed by atoms with Crippen LogP contribution in [0.5, 0.6) is 0 Å². The molecule has 0 saturated heterocycles. The first-order chi connectivity index (χ1) is 4.59. The van der Waals surface area contributed by atoms with E-state index >= 15 is 0 Å². The van der Waals surface area contributed by atoms with Crippen molar-refractivity contribution in [1.82, 2.24) is 0 Å². The molecular weight excluding hydrogens is 154 g/mol. The van der Waals surface area contributed by atoms with Crippen LogP contribution in [0.2, 0.25) is 0 Å². The van der Waals surface area contributed by atoms with Gasteiger partial charge in [-0.3, -0.25) is 0 Å². The van der Waals surface area contributed by atoms with Gasteiger partial charge in [0, 0.05) is 5.70 Å². The molecule has 0 amide bonds. The first kappa shape index (κ1) is 9.30. The molecule has 0 atom stereocenters. The van der Waals surface area contributed by atoms with Crippen LogP contribution in [0.3, 0.4) is 0 Å². The first-order valence-electron chi connectivity index (χ1n) is 2.88. The predicted octanol–water partition coefficient (Wildman–Crippen LogP) is 0.979. The Bertz CT molecular complexity index is 161. The van der Waals surface area contributed by atoms with Crippen LogP contribution in [0.4, 0.5) is 0 Å². The van der Waals surface area contributed by atoms with E-state index in [-0.39, 0.29) is 10.7 Å². The van der Waals surface area contributed by atoms with Crippen molar-refractivity contribution in [1.29, 1.82) is 0 Å². The molecule has 4 heteroatoms. The summed E-state index contributed by atoms with van der Waals surface area (Å²) < 4.78 is 4.56. The molecule has 3 nitrogen and oxygen atoms in total. The summed E-state index contributed by atoms with van der Waals surface area (Å²) in [4.78, 5) is 10.7. The Morgan fingerprint density at radius 1 is 1.70 bits per heavy atom. The van der Waals surface area contributed by atoms with Crippen LogP contribution in [0.15, 0.2) is 10.7 Å². The molecule has 0 aliphatic rings. The number of carbonyl (C=O) groups excluding carboxylic acids is 1. The lowest BCUT2D eigenvalue weighted by molar-refractivity contribution is -0.137. The maximum atomic E-state index is 10.7. The Morgan fingerprint density at radius 2 is 2.20 bits per heavy atom. The van der Waals surface area contributed by atoms with E-state index in [1.807, 2.05) is 0 Å². The van der Waals surface area contributed by atoms with Crippen molar-refractivity contribution < 1.29 is 9.53 Å². The summed E-state index contributed by atoms with van der Waals surface area (Å²) in [5.41, 5.74) is 5.49. The molecule has 58 valence electrons. The maximum Gasteiger partial charge on any atom is 0.351 e. The van der Waals surface area contributed by atoms with E-state index < -0.39 is 5.97 Å². The van der Waals surface area contributed by atoms with Crippen molar-refractivity contribution in [3.63, 3.8) is 0 Å². The van der Waals surface area contributed by atoms with E-state index in [0.717, 1.165) is 0 Å². The number of halogens is 1. The molecule has 0 aromatic heterocycles. The maximum absolute atomic E-state index is 10.7. The zero-order chi connectivity index (χ0) is 8.15. The van der Waals surface area contributed by atoms with Gasteiger partial charge in [0.25, 0.3) is 0 Å². The highest BCUT2D eigenvalue weighted by Gasteiger charge is 2.08. The van der Waals surface area contributed by atoms with Crippen molar-refractivity contribution in [3.8, 4) is 0 Å². The summed E-state index contributed by atoms with van der Waals surface area (Å²) in [5, 5.41) is -0.0400. The van der Waals surface area contributed by atoms with Crippen molar-refractivity contribution in [2.45, 2.75) is 13.8 Å². The number of hydrogen-bond acceptors (Lipinski definition) is 3. The van der Waals surface area contributed by atoms with Crippen LogP contribution in [0.1, 0.15) is 13.8 Å².